The van der Waals surface area contributed by atoms with Gasteiger partial charge in [0, 0.05) is 0 Å². The molecule has 0 aliphatic rings. The molecule has 1 aromatic rings. The van der Waals surface area contributed by atoms with Crippen molar-refractivity contribution in [2.24, 2.45) is 5.73 Å². The first-order chi connectivity index (χ1) is 7.84. The van der Waals surface area contributed by atoms with Crippen LogP contribution in [0.5, 0.6) is 5.75 Å². The Morgan fingerprint density at radius 1 is 1.35 bits per heavy atom. The fourth-order valence-electron chi connectivity index (χ4n) is 1.53. The van der Waals surface area contributed by atoms with Gasteiger partial charge in [-0.15, -0.1) is 0 Å². The minimum absolute atomic E-state index is 0.136. The molecule has 5 heteroatoms. The maximum absolute atomic E-state index is 12.2. The molecule has 1 unspecified atom stereocenters. The van der Waals surface area contributed by atoms with Gasteiger partial charge in [0.15, 0.2) is 0 Å². The number of methoxy groups -OCH3 is 1. The average molecular weight is 247 g/mol. The molecule has 0 spiro atoms. The van der Waals surface area contributed by atoms with Gasteiger partial charge >= 0.3 is 6.18 Å². The predicted octanol–water partition coefficient (Wildman–Crippen LogP) is 2.83. The smallest absolute Gasteiger partial charge is 0.403 e. The molecule has 1 rings (SSSR count). The molecule has 17 heavy (non-hydrogen) atoms. The molecule has 2 nitrogen and oxygen atoms in total. The lowest BCUT2D eigenvalue weighted by atomic mass is 10.0. The Bertz CT molecular complexity index is 377. The van der Waals surface area contributed by atoms with Crippen LogP contribution in [0.25, 0.3) is 0 Å². The molecule has 0 saturated heterocycles. The summed E-state index contributed by atoms with van der Waals surface area (Å²) >= 11 is 0. The van der Waals surface area contributed by atoms with Gasteiger partial charge in [-0.2, -0.15) is 13.2 Å². The Balaban J connectivity index is 2.69. The van der Waals surface area contributed by atoms with Crippen molar-refractivity contribution in [1.29, 1.82) is 0 Å². The molecule has 0 aliphatic carbocycles. The van der Waals surface area contributed by atoms with Crippen LogP contribution in [-0.4, -0.2) is 19.3 Å². The van der Waals surface area contributed by atoms with Crippen molar-refractivity contribution >= 4 is 0 Å². The van der Waals surface area contributed by atoms with E-state index in [1.54, 1.807) is 12.1 Å². The lowest BCUT2D eigenvalue weighted by Crippen LogP contribution is -2.37. The van der Waals surface area contributed by atoms with Gasteiger partial charge in [-0.25, -0.2) is 0 Å². The molecule has 0 amide bonds. The van der Waals surface area contributed by atoms with E-state index in [0.717, 1.165) is 11.1 Å². The highest BCUT2D eigenvalue weighted by Gasteiger charge is 2.36. The van der Waals surface area contributed by atoms with Crippen LogP contribution in [0.4, 0.5) is 13.2 Å². The largest absolute Gasteiger partial charge is 0.496 e. The summed E-state index contributed by atoms with van der Waals surface area (Å²) in [6.07, 6.45) is -4.22. The molecule has 0 radical (unpaired) electrons. The van der Waals surface area contributed by atoms with Crippen molar-refractivity contribution in [2.45, 2.75) is 32.0 Å². The van der Waals surface area contributed by atoms with Gasteiger partial charge in [0.1, 0.15) is 11.8 Å². The Hall–Kier alpha value is -1.23. The van der Waals surface area contributed by atoms with Gasteiger partial charge in [0.25, 0.3) is 0 Å². The summed E-state index contributed by atoms with van der Waals surface area (Å²) in [6.45, 7) is 1.90. The van der Waals surface area contributed by atoms with Crippen LogP contribution in [0.3, 0.4) is 0 Å². The van der Waals surface area contributed by atoms with E-state index in [-0.39, 0.29) is 12.8 Å². The lowest BCUT2D eigenvalue weighted by molar-refractivity contribution is -0.148. The second kappa shape index (κ2) is 5.40. The average Bonchev–Trinajstić information content (AvgIpc) is 2.25. The van der Waals surface area contributed by atoms with E-state index in [1.807, 2.05) is 13.0 Å². The monoisotopic (exact) mass is 247 g/mol. The van der Waals surface area contributed by atoms with Crippen LogP contribution >= 0.6 is 0 Å². The van der Waals surface area contributed by atoms with Crippen molar-refractivity contribution in [3.63, 3.8) is 0 Å². The summed E-state index contributed by atoms with van der Waals surface area (Å²) < 4.78 is 41.8. The van der Waals surface area contributed by atoms with Crippen LogP contribution in [0.15, 0.2) is 18.2 Å². The fourth-order valence-corrected chi connectivity index (χ4v) is 1.53. The number of rotatable bonds is 4. The molecule has 0 saturated carbocycles. The van der Waals surface area contributed by atoms with Crippen LogP contribution in [-0.2, 0) is 6.42 Å². The molecule has 0 bridgehead atoms. The number of hydrogen-bond acceptors (Lipinski definition) is 2. The molecule has 0 aromatic heterocycles. The maximum Gasteiger partial charge on any atom is 0.403 e. The van der Waals surface area contributed by atoms with Crippen molar-refractivity contribution in [2.75, 3.05) is 7.11 Å². The molecular weight excluding hydrogens is 231 g/mol. The standard InChI is InChI=1S/C12H16F3NO/c1-8-3-4-9(10(7-8)17-2)5-6-11(16)12(13,14)15/h3-4,7,11H,5-6,16H2,1-2H3. The predicted molar refractivity (Wildman–Crippen MR) is 60.1 cm³/mol. The maximum atomic E-state index is 12.2. The number of hydrogen-bond donors (Lipinski definition) is 1. The molecule has 1 aromatic carbocycles. The molecular formula is C12H16F3NO. The molecule has 2 N–H and O–H groups in total. The SMILES string of the molecule is COc1cc(C)ccc1CCC(N)C(F)(F)F. The van der Waals surface area contributed by atoms with E-state index in [1.165, 1.54) is 7.11 Å². The van der Waals surface area contributed by atoms with Crippen molar-refractivity contribution in [3.05, 3.63) is 29.3 Å². The number of ether oxygens (including phenoxy) is 1. The highest BCUT2D eigenvalue weighted by molar-refractivity contribution is 5.37. The minimum atomic E-state index is -4.34. The highest BCUT2D eigenvalue weighted by Crippen LogP contribution is 2.25. The molecule has 1 atom stereocenters. The topological polar surface area (TPSA) is 35.2 Å². The molecule has 96 valence electrons. The quantitative estimate of drug-likeness (QED) is 0.888. The van der Waals surface area contributed by atoms with Crippen LogP contribution in [0, 0.1) is 6.92 Å². The van der Waals surface area contributed by atoms with Gasteiger partial charge < -0.3 is 10.5 Å². The first-order valence-electron chi connectivity index (χ1n) is 5.30. The van der Waals surface area contributed by atoms with Crippen molar-refractivity contribution < 1.29 is 17.9 Å². The zero-order chi connectivity index (χ0) is 13.1. The van der Waals surface area contributed by atoms with E-state index < -0.39 is 12.2 Å². The van der Waals surface area contributed by atoms with Gasteiger partial charge in [-0.3, -0.25) is 0 Å². The molecule has 0 heterocycles. The highest BCUT2D eigenvalue weighted by atomic mass is 19.4. The Morgan fingerprint density at radius 3 is 2.53 bits per heavy atom. The minimum Gasteiger partial charge on any atom is -0.496 e. The van der Waals surface area contributed by atoms with Gasteiger partial charge in [0.2, 0.25) is 0 Å². The van der Waals surface area contributed by atoms with Crippen LogP contribution in [0.1, 0.15) is 17.5 Å². The summed E-state index contributed by atoms with van der Waals surface area (Å²) in [5.41, 5.74) is 6.81. The summed E-state index contributed by atoms with van der Waals surface area (Å²) in [7, 11) is 1.50. The van der Waals surface area contributed by atoms with E-state index >= 15 is 0 Å². The summed E-state index contributed by atoms with van der Waals surface area (Å²) in [6, 6.07) is 3.64. The van der Waals surface area contributed by atoms with Crippen molar-refractivity contribution in [3.8, 4) is 5.75 Å². The lowest BCUT2D eigenvalue weighted by Gasteiger charge is -2.16. The fraction of sp³-hybridized carbons (Fsp3) is 0.500. The molecule has 0 aliphatic heterocycles. The summed E-state index contributed by atoms with van der Waals surface area (Å²) in [5.74, 6) is 0.611. The third kappa shape index (κ3) is 3.93. The van der Waals surface area contributed by atoms with E-state index in [2.05, 4.69) is 0 Å². The van der Waals surface area contributed by atoms with Crippen molar-refractivity contribution in [1.82, 2.24) is 0 Å². The normalized spacial score (nSPS) is 13.5. The van der Waals surface area contributed by atoms with Crippen LogP contribution in [0.2, 0.25) is 0 Å². The Morgan fingerprint density at radius 2 is 2.00 bits per heavy atom. The van der Waals surface area contributed by atoms with Gasteiger partial charge in [-0.1, -0.05) is 12.1 Å². The first kappa shape index (κ1) is 13.8. The number of aryl methyl sites for hydroxylation is 2. The van der Waals surface area contributed by atoms with E-state index in [9.17, 15) is 13.2 Å². The zero-order valence-electron chi connectivity index (χ0n) is 9.84. The zero-order valence-corrected chi connectivity index (χ0v) is 9.84. The summed E-state index contributed by atoms with van der Waals surface area (Å²) in [5, 5.41) is 0. The number of alkyl halides is 3. The van der Waals surface area contributed by atoms with E-state index in [4.69, 9.17) is 10.5 Å². The second-order valence-corrected chi connectivity index (χ2v) is 4.00. The van der Waals surface area contributed by atoms with Crippen LogP contribution < -0.4 is 10.5 Å². The third-order valence-electron chi connectivity index (χ3n) is 2.59. The second-order valence-electron chi connectivity index (χ2n) is 4.00. The summed E-state index contributed by atoms with van der Waals surface area (Å²) in [4.78, 5) is 0. The molecule has 0 fully saturated rings. The van der Waals surface area contributed by atoms with E-state index in [0.29, 0.717) is 5.75 Å². The Labute approximate surface area is 98.6 Å². The number of nitrogens with two attached hydrogens (primary N) is 1. The van der Waals surface area contributed by atoms with Gasteiger partial charge in [0.05, 0.1) is 7.11 Å². The Kier molecular flexibility index (Phi) is 4.40. The van der Waals surface area contributed by atoms with Gasteiger partial charge in [-0.05, 0) is 37.0 Å². The third-order valence-corrected chi connectivity index (χ3v) is 2.59. The number of benzene rings is 1. The number of halogens is 3. The first-order valence-corrected chi connectivity index (χ1v) is 5.30.